The Hall–Kier alpha value is -1.42. The van der Waals surface area contributed by atoms with Crippen LogP contribution < -0.4 is 10.6 Å². The second kappa shape index (κ2) is 8.11. The van der Waals surface area contributed by atoms with E-state index >= 15 is 0 Å². The molecule has 0 spiro atoms. The minimum absolute atomic E-state index is 0.0954. The summed E-state index contributed by atoms with van der Waals surface area (Å²) in [6.07, 6.45) is 0. The third kappa shape index (κ3) is 5.04. The molecule has 2 heterocycles. The van der Waals surface area contributed by atoms with Crippen LogP contribution in [0.3, 0.4) is 0 Å². The lowest BCUT2D eigenvalue weighted by molar-refractivity contribution is -0.114. The number of aromatic nitrogens is 2. The summed E-state index contributed by atoms with van der Waals surface area (Å²) in [5, 5.41) is 15.1. The van der Waals surface area contributed by atoms with Crippen molar-refractivity contribution in [1.82, 2.24) is 10.2 Å². The molecular weight excluding hydrogens is 428 g/mol. The predicted octanol–water partition coefficient (Wildman–Crippen LogP) is 5.36. The number of anilines is 3. The molecule has 0 saturated heterocycles. The molecule has 3 aromatic rings. The number of thioether (sulfide) groups is 1. The van der Waals surface area contributed by atoms with Gasteiger partial charge < -0.3 is 10.6 Å². The maximum Gasteiger partial charge on any atom is 0.221 e. The largest absolute Gasteiger partial charge is 0.330 e. The van der Waals surface area contributed by atoms with Crippen LogP contribution in [0.5, 0.6) is 0 Å². The fraction of sp³-hybridized carbons (Fsp3) is 0.133. The summed E-state index contributed by atoms with van der Waals surface area (Å²) in [5.74, 6) is 0.782. The summed E-state index contributed by atoms with van der Waals surface area (Å²) in [4.78, 5) is 12.4. The van der Waals surface area contributed by atoms with Gasteiger partial charge in [0.1, 0.15) is 0 Å². The molecule has 9 heteroatoms. The van der Waals surface area contributed by atoms with Gasteiger partial charge in [0.2, 0.25) is 11.0 Å². The molecule has 0 bridgehead atoms. The first-order valence-electron chi connectivity index (χ1n) is 6.94. The molecule has 1 amide bonds. The third-order valence-electron chi connectivity index (χ3n) is 2.81. The number of hydrogen-bond donors (Lipinski definition) is 2. The van der Waals surface area contributed by atoms with E-state index in [-0.39, 0.29) is 5.91 Å². The number of rotatable bonds is 6. The van der Waals surface area contributed by atoms with Gasteiger partial charge in [-0.2, -0.15) is 0 Å². The van der Waals surface area contributed by atoms with E-state index in [0.717, 1.165) is 30.4 Å². The first-order chi connectivity index (χ1) is 11.6. The molecule has 2 N–H and O–H groups in total. The second-order valence-electron chi connectivity index (χ2n) is 4.75. The van der Waals surface area contributed by atoms with Crippen molar-refractivity contribution in [1.29, 1.82) is 0 Å². The number of halogens is 1. The van der Waals surface area contributed by atoms with Crippen molar-refractivity contribution in [3.05, 3.63) is 45.1 Å². The van der Waals surface area contributed by atoms with E-state index in [9.17, 15) is 4.79 Å². The van der Waals surface area contributed by atoms with Gasteiger partial charge in [-0.15, -0.1) is 21.5 Å². The number of carbonyl (C=O) groups excluding carboxylic acids is 1. The van der Waals surface area contributed by atoms with E-state index in [0.29, 0.717) is 0 Å². The summed E-state index contributed by atoms with van der Waals surface area (Å²) in [6.45, 7) is 1.49. The number of nitrogens with one attached hydrogen (secondary N) is 2. The summed E-state index contributed by atoms with van der Waals surface area (Å²) < 4.78 is 2.05. The molecule has 0 fully saturated rings. The zero-order valence-electron chi connectivity index (χ0n) is 12.6. The van der Waals surface area contributed by atoms with Crippen LogP contribution in [0.4, 0.5) is 16.5 Å². The number of hydrogen-bond acceptors (Lipinski definition) is 7. The lowest BCUT2D eigenvalue weighted by Crippen LogP contribution is -2.05. The minimum Gasteiger partial charge on any atom is -0.330 e. The highest BCUT2D eigenvalue weighted by Gasteiger charge is 2.07. The minimum atomic E-state index is -0.0954. The topological polar surface area (TPSA) is 66.9 Å². The molecular formula is C15H13BrN4OS3. The van der Waals surface area contributed by atoms with Gasteiger partial charge >= 0.3 is 0 Å². The molecule has 0 saturated carbocycles. The molecule has 3 rings (SSSR count). The summed E-state index contributed by atoms with van der Waals surface area (Å²) in [7, 11) is 0. The molecule has 0 aliphatic heterocycles. The highest BCUT2D eigenvalue weighted by atomic mass is 79.9. The highest BCUT2D eigenvalue weighted by molar-refractivity contribution is 9.11. The summed E-state index contributed by atoms with van der Waals surface area (Å²) in [5.41, 5.74) is 1.60. The van der Waals surface area contributed by atoms with Crippen LogP contribution in [0.1, 0.15) is 11.8 Å². The van der Waals surface area contributed by atoms with Crippen molar-refractivity contribution in [2.24, 2.45) is 0 Å². The van der Waals surface area contributed by atoms with Crippen LogP contribution >= 0.6 is 50.4 Å². The van der Waals surface area contributed by atoms with Crippen LogP contribution in [-0.4, -0.2) is 16.1 Å². The van der Waals surface area contributed by atoms with E-state index in [1.54, 1.807) is 23.1 Å². The molecule has 24 heavy (non-hydrogen) atoms. The smallest absolute Gasteiger partial charge is 0.221 e. The third-order valence-corrected chi connectivity index (χ3v) is 6.63. The number of thiophene rings is 1. The summed E-state index contributed by atoms with van der Waals surface area (Å²) in [6, 6.07) is 11.7. The standard InChI is InChI=1S/C15H13BrN4OS3/c1-9(21)17-10-3-2-4-11(7-10)18-14-19-20-15(24-14)22-8-12-5-6-13(16)23-12/h2-7H,8H2,1H3,(H,17,21)(H,18,19). The lowest BCUT2D eigenvalue weighted by Gasteiger charge is -2.05. The highest BCUT2D eigenvalue weighted by Crippen LogP contribution is 2.33. The lowest BCUT2D eigenvalue weighted by atomic mass is 10.3. The van der Waals surface area contributed by atoms with E-state index in [1.165, 1.54) is 23.1 Å². The molecule has 0 atom stereocenters. The Labute approximate surface area is 160 Å². The average molecular weight is 441 g/mol. The Balaban J connectivity index is 1.60. The predicted molar refractivity (Wildman–Crippen MR) is 106 cm³/mol. The molecule has 0 aliphatic carbocycles. The first kappa shape index (κ1) is 17.4. The van der Waals surface area contributed by atoms with Crippen LogP contribution in [0.2, 0.25) is 0 Å². The van der Waals surface area contributed by atoms with Crippen molar-refractivity contribution < 1.29 is 4.79 Å². The molecule has 1 aromatic carbocycles. The molecule has 5 nitrogen and oxygen atoms in total. The number of nitrogens with zero attached hydrogens (tertiary/aromatic N) is 2. The summed E-state index contributed by atoms with van der Waals surface area (Å²) >= 11 is 8.37. The van der Waals surface area contributed by atoms with Gasteiger partial charge in [0.05, 0.1) is 3.79 Å². The van der Waals surface area contributed by atoms with Gasteiger partial charge in [-0.3, -0.25) is 4.79 Å². The van der Waals surface area contributed by atoms with Crippen molar-refractivity contribution in [3.8, 4) is 0 Å². The zero-order valence-corrected chi connectivity index (χ0v) is 16.6. The van der Waals surface area contributed by atoms with Gasteiger partial charge in [0, 0.05) is 28.9 Å². The first-order valence-corrected chi connectivity index (χ1v) is 10.3. The molecule has 0 unspecified atom stereocenters. The van der Waals surface area contributed by atoms with Crippen LogP contribution in [0.15, 0.2) is 44.5 Å². The SMILES string of the molecule is CC(=O)Nc1cccc(Nc2nnc(SCc3ccc(Br)s3)s2)c1. The Morgan fingerprint density at radius 2 is 2.04 bits per heavy atom. The van der Waals surface area contributed by atoms with Gasteiger partial charge in [-0.25, -0.2) is 0 Å². The van der Waals surface area contributed by atoms with Gasteiger partial charge in [-0.1, -0.05) is 29.2 Å². The zero-order chi connectivity index (χ0) is 16.9. The molecule has 124 valence electrons. The average Bonchev–Trinajstić information content (AvgIpc) is 3.14. The Bertz CT molecular complexity index is 849. The van der Waals surface area contributed by atoms with Gasteiger partial charge in [0.15, 0.2) is 4.34 Å². The Morgan fingerprint density at radius 3 is 2.79 bits per heavy atom. The van der Waals surface area contributed by atoms with Crippen molar-refractivity contribution in [2.75, 3.05) is 10.6 Å². The van der Waals surface area contributed by atoms with Crippen molar-refractivity contribution >= 4 is 72.8 Å². The quantitative estimate of drug-likeness (QED) is 0.505. The fourth-order valence-corrected chi connectivity index (χ4v) is 5.18. The molecule has 0 aliphatic rings. The van der Waals surface area contributed by atoms with Crippen LogP contribution in [0, 0.1) is 0 Å². The van der Waals surface area contributed by atoms with Crippen LogP contribution in [0.25, 0.3) is 0 Å². The van der Waals surface area contributed by atoms with Crippen molar-refractivity contribution in [3.63, 3.8) is 0 Å². The van der Waals surface area contributed by atoms with E-state index < -0.39 is 0 Å². The monoisotopic (exact) mass is 440 g/mol. The molecule has 2 aromatic heterocycles. The van der Waals surface area contributed by atoms with Gasteiger partial charge in [-0.05, 0) is 46.3 Å². The van der Waals surface area contributed by atoms with E-state index in [4.69, 9.17) is 0 Å². The van der Waals surface area contributed by atoms with Crippen molar-refractivity contribution in [2.45, 2.75) is 17.0 Å². The number of amides is 1. The maximum atomic E-state index is 11.1. The maximum absolute atomic E-state index is 11.1. The number of benzene rings is 1. The normalized spacial score (nSPS) is 10.6. The number of carbonyl (C=O) groups is 1. The fourth-order valence-electron chi connectivity index (χ4n) is 1.88. The van der Waals surface area contributed by atoms with Crippen LogP contribution in [-0.2, 0) is 10.5 Å². The Kier molecular flexibility index (Phi) is 5.88. The van der Waals surface area contributed by atoms with E-state index in [1.807, 2.05) is 24.3 Å². The van der Waals surface area contributed by atoms with Gasteiger partial charge in [0.25, 0.3) is 0 Å². The Morgan fingerprint density at radius 1 is 1.21 bits per heavy atom. The van der Waals surface area contributed by atoms with E-state index in [2.05, 4.69) is 48.9 Å². The molecule has 0 radical (unpaired) electrons. The second-order valence-corrected chi connectivity index (χ2v) is 9.50.